The van der Waals surface area contributed by atoms with Crippen molar-refractivity contribution < 1.29 is 22.5 Å². The molecule has 0 radical (unpaired) electrons. The van der Waals surface area contributed by atoms with Gasteiger partial charge in [0.2, 0.25) is 0 Å². The Labute approximate surface area is 175 Å². The fourth-order valence-corrected chi connectivity index (χ4v) is 5.50. The number of ether oxygens (including phenoxy) is 1. The van der Waals surface area contributed by atoms with E-state index in [-0.39, 0.29) is 31.5 Å². The monoisotopic (exact) mass is 460 g/mol. The molecule has 0 unspecified atom stereocenters. The summed E-state index contributed by atoms with van der Waals surface area (Å²) in [5.74, 6) is -0.0385. The van der Waals surface area contributed by atoms with E-state index < -0.39 is 15.9 Å². The van der Waals surface area contributed by atoms with Crippen LogP contribution >= 0.6 is 34.5 Å². The molecule has 1 aromatic carbocycles. The summed E-state index contributed by atoms with van der Waals surface area (Å²) in [5, 5.41) is 3.84. The predicted octanol–water partition coefficient (Wildman–Crippen LogP) is 4.36. The third-order valence-electron chi connectivity index (χ3n) is 3.83. The van der Waals surface area contributed by atoms with Crippen molar-refractivity contribution in [2.75, 3.05) is 0 Å². The lowest BCUT2D eigenvalue weighted by atomic mass is 10.2. The van der Waals surface area contributed by atoms with E-state index >= 15 is 0 Å². The van der Waals surface area contributed by atoms with Crippen LogP contribution in [0.1, 0.15) is 27.4 Å². The van der Waals surface area contributed by atoms with Crippen molar-refractivity contribution in [3.05, 3.63) is 61.6 Å². The highest BCUT2D eigenvalue weighted by atomic mass is 35.5. The Morgan fingerprint density at radius 1 is 1.29 bits per heavy atom. The third kappa shape index (κ3) is 4.33. The molecule has 0 aliphatic carbocycles. The van der Waals surface area contributed by atoms with E-state index in [2.05, 4.69) is 5.16 Å². The van der Waals surface area contributed by atoms with Crippen LogP contribution < -0.4 is 9.46 Å². The molecule has 11 heteroatoms. The topological polar surface area (TPSA) is 98.5 Å². The van der Waals surface area contributed by atoms with Gasteiger partial charge in [-0.15, -0.1) is 11.3 Å². The number of aromatic nitrogens is 1. The molecule has 3 rings (SSSR count). The number of hydrogen-bond donors (Lipinski definition) is 1. The number of sulfonamides is 1. The first-order valence-corrected chi connectivity index (χ1v) is 10.9. The molecule has 0 atom stereocenters. The van der Waals surface area contributed by atoms with Gasteiger partial charge in [-0.25, -0.2) is 13.1 Å². The molecule has 0 bridgehead atoms. The number of nitrogens with one attached hydrogen (secondary N) is 1. The molecule has 2 aromatic heterocycles. The number of para-hydroxylation sites is 1. The Kier molecular flexibility index (Phi) is 5.99. The van der Waals surface area contributed by atoms with Crippen molar-refractivity contribution in [3.63, 3.8) is 0 Å². The Morgan fingerprint density at radius 3 is 2.61 bits per heavy atom. The fraction of sp³-hybridized carbons (Fsp3) is 0.176. The van der Waals surface area contributed by atoms with Crippen LogP contribution in [0.15, 0.2) is 39.8 Å². The quantitative estimate of drug-likeness (QED) is 0.586. The zero-order chi connectivity index (χ0) is 20.5. The minimum Gasteiger partial charge on any atom is -0.488 e. The van der Waals surface area contributed by atoms with Gasteiger partial charge in [0.25, 0.3) is 15.9 Å². The zero-order valence-corrected chi connectivity index (χ0v) is 17.8. The lowest BCUT2D eigenvalue weighted by Gasteiger charge is -2.12. The molecule has 0 aliphatic rings. The van der Waals surface area contributed by atoms with E-state index in [1.807, 2.05) is 4.72 Å². The van der Waals surface area contributed by atoms with Gasteiger partial charge in [-0.2, -0.15) is 0 Å². The van der Waals surface area contributed by atoms with Gasteiger partial charge in [0.15, 0.2) is 0 Å². The molecule has 0 saturated heterocycles. The first-order chi connectivity index (χ1) is 13.2. The summed E-state index contributed by atoms with van der Waals surface area (Å²) in [7, 11) is -4.19. The maximum atomic E-state index is 12.6. The van der Waals surface area contributed by atoms with Crippen molar-refractivity contribution in [2.45, 2.75) is 25.3 Å². The predicted molar refractivity (Wildman–Crippen MR) is 106 cm³/mol. The van der Waals surface area contributed by atoms with Gasteiger partial charge < -0.3 is 9.26 Å². The molecule has 148 valence electrons. The van der Waals surface area contributed by atoms with Crippen LogP contribution in [0.2, 0.25) is 8.67 Å². The minimum absolute atomic E-state index is 0.0340. The van der Waals surface area contributed by atoms with Crippen molar-refractivity contribution in [1.82, 2.24) is 9.88 Å². The van der Waals surface area contributed by atoms with Crippen LogP contribution in [0, 0.1) is 13.8 Å². The highest BCUT2D eigenvalue weighted by molar-refractivity contribution is 7.90. The van der Waals surface area contributed by atoms with Gasteiger partial charge in [-0.3, -0.25) is 4.79 Å². The number of hydrogen-bond acceptors (Lipinski definition) is 7. The second-order valence-electron chi connectivity index (χ2n) is 5.71. The third-order valence-corrected chi connectivity index (χ3v) is 6.91. The summed E-state index contributed by atoms with van der Waals surface area (Å²) in [6.45, 7) is 3.64. The Hall–Kier alpha value is -2.07. The number of amides is 1. The van der Waals surface area contributed by atoms with Crippen molar-refractivity contribution in [2.24, 2.45) is 0 Å². The maximum absolute atomic E-state index is 12.6. The molecule has 0 spiro atoms. The second-order valence-corrected chi connectivity index (χ2v) is 9.65. The number of halogens is 2. The molecule has 2 heterocycles. The second kappa shape index (κ2) is 8.12. The average Bonchev–Trinajstić information content (AvgIpc) is 3.14. The van der Waals surface area contributed by atoms with Crippen LogP contribution in [-0.2, 0) is 16.6 Å². The molecule has 7 nitrogen and oxygen atoms in total. The molecular weight excluding hydrogens is 447 g/mol. The van der Waals surface area contributed by atoms with Gasteiger partial charge in [0, 0.05) is 0 Å². The van der Waals surface area contributed by atoms with E-state index in [0.717, 1.165) is 16.9 Å². The molecule has 1 amide bonds. The standard InChI is InChI=1S/C17H14Cl2N2O5S2/c1-9-12(10(2)26-20-9)8-25-13-6-4-3-5-11(13)17(22)21-28(23,24)14-7-15(18)27-16(14)19/h3-7H,8H2,1-2H3,(H,21,22). The van der Waals surface area contributed by atoms with Gasteiger partial charge in [-0.05, 0) is 32.0 Å². The first-order valence-electron chi connectivity index (χ1n) is 7.84. The maximum Gasteiger partial charge on any atom is 0.268 e. The van der Waals surface area contributed by atoms with Gasteiger partial charge in [0.1, 0.15) is 27.3 Å². The summed E-state index contributed by atoms with van der Waals surface area (Å²) in [4.78, 5) is 12.3. The van der Waals surface area contributed by atoms with E-state index in [1.54, 1.807) is 32.0 Å². The molecule has 0 aliphatic heterocycles. The Bertz CT molecular complexity index is 1120. The lowest BCUT2D eigenvalue weighted by molar-refractivity contribution is 0.0977. The SMILES string of the molecule is Cc1noc(C)c1COc1ccccc1C(=O)NS(=O)(=O)c1cc(Cl)sc1Cl. The summed E-state index contributed by atoms with van der Waals surface area (Å²) in [5.41, 5.74) is 1.48. The number of carbonyl (C=O) groups excluding carboxylic acids is 1. The largest absolute Gasteiger partial charge is 0.488 e. The van der Waals surface area contributed by atoms with Crippen LogP contribution in [-0.4, -0.2) is 19.5 Å². The molecule has 3 aromatic rings. The molecule has 1 N–H and O–H groups in total. The number of thiophene rings is 1. The summed E-state index contributed by atoms with van der Waals surface area (Å²) in [6.07, 6.45) is 0. The molecule has 0 saturated carbocycles. The number of benzene rings is 1. The van der Waals surface area contributed by atoms with Crippen LogP contribution in [0.25, 0.3) is 0 Å². The van der Waals surface area contributed by atoms with Gasteiger partial charge in [0.05, 0.1) is 21.2 Å². The fourth-order valence-electron chi connectivity index (χ4n) is 2.38. The molecular formula is C17H14Cl2N2O5S2. The average molecular weight is 461 g/mol. The van der Waals surface area contributed by atoms with Gasteiger partial charge in [-0.1, -0.05) is 40.5 Å². The summed E-state index contributed by atoms with van der Waals surface area (Å²) < 4.78 is 37.9. The lowest BCUT2D eigenvalue weighted by Crippen LogP contribution is -2.30. The van der Waals surface area contributed by atoms with Crippen LogP contribution in [0.4, 0.5) is 0 Å². The van der Waals surface area contributed by atoms with Crippen molar-refractivity contribution in [1.29, 1.82) is 0 Å². The number of carbonyl (C=O) groups is 1. The zero-order valence-electron chi connectivity index (χ0n) is 14.7. The van der Waals surface area contributed by atoms with Crippen LogP contribution in [0.5, 0.6) is 5.75 Å². The van der Waals surface area contributed by atoms with E-state index in [9.17, 15) is 13.2 Å². The van der Waals surface area contributed by atoms with Gasteiger partial charge >= 0.3 is 0 Å². The normalized spacial score (nSPS) is 11.4. The Morgan fingerprint density at radius 2 is 2.00 bits per heavy atom. The van der Waals surface area contributed by atoms with Crippen molar-refractivity contribution in [3.8, 4) is 5.75 Å². The number of aryl methyl sites for hydroxylation is 2. The minimum atomic E-state index is -4.19. The molecule has 0 fully saturated rings. The molecule has 28 heavy (non-hydrogen) atoms. The van der Waals surface area contributed by atoms with Crippen molar-refractivity contribution >= 4 is 50.5 Å². The Balaban J connectivity index is 1.82. The van der Waals surface area contributed by atoms with Crippen LogP contribution in [0.3, 0.4) is 0 Å². The van der Waals surface area contributed by atoms with E-state index in [0.29, 0.717) is 11.5 Å². The van der Waals surface area contributed by atoms with E-state index in [4.69, 9.17) is 32.5 Å². The first kappa shape index (κ1) is 20.7. The summed E-state index contributed by atoms with van der Waals surface area (Å²) in [6, 6.07) is 7.47. The smallest absolute Gasteiger partial charge is 0.268 e. The summed E-state index contributed by atoms with van der Waals surface area (Å²) >= 11 is 12.6. The highest BCUT2D eigenvalue weighted by Gasteiger charge is 2.25. The number of nitrogens with zero attached hydrogens (tertiary/aromatic N) is 1. The van der Waals surface area contributed by atoms with E-state index in [1.165, 1.54) is 12.1 Å². The number of rotatable bonds is 6. The highest BCUT2D eigenvalue weighted by Crippen LogP contribution is 2.34.